The van der Waals surface area contributed by atoms with Crippen LogP contribution in [0, 0.1) is 19.8 Å². The Balaban J connectivity index is 1.33. The van der Waals surface area contributed by atoms with E-state index in [9.17, 15) is 4.79 Å². The lowest BCUT2D eigenvalue weighted by molar-refractivity contribution is -0.134. The highest BCUT2D eigenvalue weighted by molar-refractivity contribution is 5.81. The first-order valence-corrected chi connectivity index (χ1v) is 9.20. The zero-order valence-electron chi connectivity index (χ0n) is 14.6. The van der Waals surface area contributed by atoms with Crippen molar-refractivity contribution in [2.45, 2.75) is 70.7 Å². The number of aromatic nitrogens is 1. The quantitative estimate of drug-likeness (QED) is 0.912. The molecule has 6 heteroatoms. The number of ether oxygens (including phenoxy) is 1. The topological polar surface area (TPSA) is 67.6 Å². The van der Waals surface area contributed by atoms with Crippen molar-refractivity contribution in [1.29, 1.82) is 0 Å². The van der Waals surface area contributed by atoms with Gasteiger partial charge in [-0.25, -0.2) is 0 Å². The van der Waals surface area contributed by atoms with E-state index in [0.717, 1.165) is 56.8 Å². The average Bonchev–Trinajstić information content (AvgIpc) is 3.08. The number of likely N-dealkylation sites (tertiary alicyclic amines) is 1. The third-order valence-corrected chi connectivity index (χ3v) is 5.94. The first-order chi connectivity index (χ1) is 11.6. The molecule has 1 amide bonds. The molecule has 0 radical (unpaired) electrons. The zero-order chi connectivity index (χ0) is 16.7. The van der Waals surface area contributed by atoms with Gasteiger partial charge in [0, 0.05) is 24.7 Å². The average molecular weight is 333 g/mol. The molecule has 0 unspecified atom stereocenters. The van der Waals surface area contributed by atoms with Crippen molar-refractivity contribution in [1.82, 2.24) is 15.4 Å². The van der Waals surface area contributed by atoms with E-state index in [0.29, 0.717) is 12.0 Å². The SMILES string of the molecule is Cc1noc(C)c1CN1CC[C@H]2C[C@H](C(=O)NC3CCC3)O[C@@H]2C1. The Morgan fingerprint density at radius 1 is 1.33 bits per heavy atom. The molecule has 3 fully saturated rings. The summed E-state index contributed by atoms with van der Waals surface area (Å²) in [4.78, 5) is 14.8. The van der Waals surface area contributed by atoms with Crippen LogP contribution in [0.15, 0.2) is 4.52 Å². The largest absolute Gasteiger partial charge is 0.364 e. The molecular formula is C18H27N3O3. The van der Waals surface area contributed by atoms with Gasteiger partial charge in [-0.3, -0.25) is 9.69 Å². The Hall–Kier alpha value is -1.40. The molecule has 0 spiro atoms. The highest BCUT2D eigenvalue weighted by Gasteiger charge is 2.42. The Morgan fingerprint density at radius 3 is 2.83 bits per heavy atom. The van der Waals surface area contributed by atoms with Crippen LogP contribution in [0.3, 0.4) is 0 Å². The van der Waals surface area contributed by atoms with Crippen LogP contribution in [0.2, 0.25) is 0 Å². The van der Waals surface area contributed by atoms with Crippen molar-refractivity contribution in [2.75, 3.05) is 13.1 Å². The van der Waals surface area contributed by atoms with Crippen LogP contribution in [-0.4, -0.2) is 47.3 Å². The number of rotatable bonds is 4. The molecule has 1 aliphatic carbocycles. The number of hydrogen-bond acceptors (Lipinski definition) is 5. The number of fused-ring (bicyclic) bond motifs is 1. The summed E-state index contributed by atoms with van der Waals surface area (Å²) >= 11 is 0. The number of hydrogen-bond donors (Lipinski definition) is 1. The van der Waals surface area contributed by atoms with Crippen molar-refractivity contribution in [2.24, 2.45) is 5.92 Å². The fraction of sp³-hybridized carbons (Fsp3) is 0.778. The second-order valence-corrected chi connectivity index (χ2v) is 7.62. The summed E-state index contributed by atoms with van der Waals surface area (Å²) in [5.74, 6) is 1.52. The lowest BCUT2D eigenvalue weighted by Gasteiger charge is -2.33. The van der Waals surface area contributed by atoms with Crippen LogP contribution in [-0.2, 0) is 16.1 Å². The Kier molecular flexibility index (Phi) is 4.35. The molecule has 3 aliphatic rings. The first-order valence-electron chi connectivity index (χ1n) is 9.20. The van der Waals surface area contributed by atoms with Gasteiger partial charge in [-0.05, 0) is 58.4 Å². The van der Waals surface area contributed by atoms with E-state index in [-0.39, 0.29) is 18.1 Å². The molecule has 3 heterocycles. The summed E-state index contributed by atoms with van der Waals surface area (Å²) < 4.78 is 11.4. The summed E-state index contributed by atoms with van der Waals surface area (Å²) in [5, 5.41) is 7.17. The third kappa shape index (κ3) is 3.09. The molecule has 4 rings (SSSR count). The lowest BCUT2D eigenvalue weighted by atomic mass is 9.90. The Morgan fingerprint density at radius 2 is 2.17 bits per heavy atom. The van der Waals surface area contributed by atoms with Crippen LogP contribution < -0.4 is 5.32 Å². The van der Waals surface area contributed by atoms with Gasteiger partial charge in [0.25, 0.3) is 0 Å². The maximum absolute atomic E-state index is 12.3. The predicted octanol–water partition coefficient (Wildman–Crippen LogP) is 1.94. The number of nitrogens with zero attached hydrogens (tertiary/aromatic N) is 2. The van der Waals surface area contributed by atoms with Gasteiger partial charge in [-0.2, -0.15) is 0 Å². The van der Waals surface area contributed by atoms with E-state index < -0.39 is 0 Å². The van der Waals surface area contributed by atoms with Gasteiger partial charge in [0.05, 0.1) is 11.8 Å². The molecule has 24 heavy (non-hydrogen) atoms. The summed E-state index contributed by atoms with van der Waals surface area (Å²) in [6.07, 6.45) is 5.38. The van der Waals surface area contributed by atoms with Gasteiger partial charge in [0.15, 0.2) is 0 Å². The van der Waals surface area contributed by atoms with Gasteiger partial charge in [-0.15, -0.1) is 0 Å². The van der Waals surface area contributed by atoms with Crippen LogP contribution in [0.4, 0.5) is 0 Å². The molecule has 3 atom stereocenters. The summed E-state index contributed by atoms with van der Waals surface area (Å²) in [6, 6.07) is 0.389. The van der Waals surface area contributed by atoms with E-state index in [1.165, 1.54) is 12.0 Å². The van der Waals surface area contributed by atoms with Crippen molar-refractivity contribution < 1.29 is 14.1 Å². The Bertz CT molecular complexity index is 591. The maximum Gasteiger partial charge on any atom is 0.249 e. The highest BCUT2D eigenvalue weighted by Crippen LogP contribution is 2.34. The molecule has 1 aromatic heterocycles. The summed E-state index contributed by atoms with van der Waals surface area (Å²) in [6.45, 7) is 6.75. The monoisotopic (exact) mass is 333 g/mol. The molecule has 2 saturated heterocycles. The van der Waals surface area contributed by atoms with Gasteiger partial charge in [-0.1, -0.05) is 5.16 Å². The van der Waals surface area contributed by atoms with Crippen molar-refractivity contribution >= 4 is 5.91 Å². The van der Waals surface area contributed by atoms with Gasteiger partial charge >= 0.3 is 0 Å². The first kappa shape index (κ1) is 16.1. The van der Waals surface area contributed by atoms with Crippen LogP contribution in [0.25, 0.3) is 0 Å². The smallest absolute Gasteiger partial charge is 0.249 e. The van der Waals surface area contributed by atoms with Crippen molar-refractivity contribution in [3.63, 3.8) is 0 Å². The summed E-state index contributed by atoms with van der Waals surface area (Å²) in [7, 11) is 0. The second kappa shape index (κ2) is 6.48. The minimum absolute atomic E-state index is 0.103. The van der Waals surface area contributed by atoms with Crippen molar-refractivity contribution in [3.05, 3.63) is 17.0 Å². The minimum Gasteiger partial charge on any atom is -0.364 e. The molecule has 0 aromatic carbocycles. The minimum atomic E-state index is -0.250. The number of carbonyl (C=O) groups excluding carboxylic acids is 1. The molecule has 0 bridgehead atoms. The van der Waals surface area contributed by atoms with Crippen LogP contribution >= 0.6 is 0 Å². The number of aryl methyl sites for hydroxylation is 2. The van der Waals surface area contributed by atoms with E-state index in [4.69, 9.17) is 9.26 Å². The van der Waals surface area contributed by atoms with E-state index in [1.807, 2.05) is 13.8 Å². The van der Waals surface area contributed by atoms with Crippen LogP contribution in [0.5, 0.6) is 0 Å². The second-order valence-electron chi connectivity index (χ2n) is 7.62. The van der Waals surface area contributed by atoms with Crippen LogP contribution in [0.1, 0.15) is 49.1 Å². The molecular weight excluding hydrogens is 306 g/mol. The normalized spacial score (nSPS) is 30.8. The van der Waals surface area contributed by atoms with Gasteiger partial charge in [0.1, 0.15) is 11.9 Å². The molecule has 2 aliphatic heterocycles. The van der Waals surface area contributed by atoms with Gasteiger partial charge in [0.2, 0.25) is 5.91 Å². The summed E-state index contributed by atoms with van der Waals surface area (Å²) in [5.41, 5.74) is 2.16. The number of nitrogens with one attached hydrogen (secondary N) is 1. The molecule has 132 valence electrons. The highest BCUT2D eigenvalue weighted by atomic mass is 16.5. The van der Waals surface area contributed by atoms with Crippen molar-refractivity contribution in [3.8, 4) is 0 Å². The third-order valence-electron chi connectivity index (χ3n) is 5.94. The number of amides is 1. The van der Waals surface area contributed by atoms with E-state index in [2.05, 4.69) is 15.4 Å². The zero-order valence-corrected chi connectivity index (χ0v) is 14.6. The van der Waals surface area contributed by atoms with Gasteiger partial charge < -0.3 is 14.6 Å². The molecule has 1 saturated carbocycles. The van der Waals surface area contributed by atoms with E-state index >= 15 is 0 Å². The predicted molar refractivity (Wildman–Crippen MR) is 88.4 cm³/mol. The van der Waals surface area contributed by atoms with E-state index in [1.54, 1.807) is 0 Å². The molecule has 1 N–H and O–H groups in total. The fourth-order valence-electron chi connectivity index (χ4n) is 4.10. The maximum atomic E-state index is 12.3. The Labute approximate surface area is 142 Å². The fourth-order valence-corrected chi connectivity index (χ4v) is 4.10. The lowest BCUT2D eigenvalue weighted by Crippen LogP contribution is -2.45. The molecule has 1 aromatic rings. The number of piperidine rings is 1. The standard InChI is InChI=1S/C18H27N3O3/c1-11-15(12(2)24-20-11)9-21-7-6-13-8-16(23-17(13)10-21)18(22)19-14-4-3-5-14/h13-14,16-17H,3-10H2,1-2H3,(H,19,22)/t13-,16+,17+/m0/s1. The number of carbonyl (C=O) groups is 1. The molecule has 6 nitrogen and oxygen atoms in total.